The lowest BCUT2D eigenvalue weighted by molar-refractivity contribution is 0.338. The van der Waals surface area contributed by atoms with Crippen molar-refractivity contribution in [3.8, 4) is 11.1 Å². The maximum absolute atomic E-state index is 4.94. The normalized spacial score (nSPS) is 17.2. The van der Waals surface area contributed by atoms with Crippen LogP contribution in [0.4, 0.5) is 5.95 Å². The van der Waals surface area contributed by atoms with Gasteiger partial charge in [0.2, 0.25) is 5.95 Å². The molecule has 0 unspecified atom stereocenters. The number of benzene rings is 1. The van der Waals surface area contributed by atoms with Crippen molar-refractivity contribution in [1.82, 2.24) is 24.6 Å². The molecule has 3 heterocycles. The van der Waals surface area contributed by atoms with E-state index in [1.54, 1.807) is 0 Å². The van der Waals surface area contributed by atoms with E-state index < -0.39 is 0 Å². The molecular formula is C22H28N6. The lowest BCUT2D eigenvalue weighted by atomic mass is 9.97. The second kappa shape index (κ2) is 8.10. The van der Waals surface area contributed by atoms with Crippen molar-refractivity contribution in [3.05, 3.63) is 60.2 Å². The molecule has 1 atom stereocenters. The van der Waals surface area contributed by atoms with Crippen molar-refractivity contribution in [1.29, 1.82) is 0 Å². The highest BCUT2D eigenvalue weighted by Crippen LogP contribution is 2.34. The Labute approximate surface area is 166 Å². The average Bonchev–Trinajstić information content (AvgIpc) is 3.36. The zero-order chi connectivity index (χ0) is 19.5. The van der Waals surface area contributed by atoms with Gasteiger partial charge in [-0.2, -0.15) is 5.10 Å². The third kappa shape index (κ3) is 4.07. The Kier molecular flexibility index (Phi) is 5.39. The van der Waals surface area contributed by atoms with Gasteiger partial charge in [-0.3, -0.25) is 4.68 Å². The summed E-state index contributed by atoms with van der Waals surface area (Å²) < 4.78 is 1.83. The van der Waals surface area contributed by atoms with Crippen LogP contribution in [0.15, 0.2) is 48.9 Å². The Morgan fingerprint density at radius 2 is 1.96 bits per heavy atom. The lowest BCUT2D eigenvalue weighted by Gasteiger charge is -2.19. The Balaban J connectivity index is 1.53. The maximum Gasteiger partial charge on any atom is 0.225 e. The third-order valence-electron chi connectivity index (χ3n) is 5.44. The molecule has 0 amide bonds. The molecule has 1 aromatic carbocycles. The van der Waals surface area contributed by atoms with Gasteiger partial charge < -0.3 is 9.80 Å². The van der Waals surface area contributed by atoms with Gasteiger partial charge >= 0.3 is 0 Å². The van der Waals surface area contributed by atoms with Gasteiger partial charge in [0, 0.05) is 63.7 Å². The molecule has 6 nitrogen and oxygen atoms in total. The molecule has 146 valence electrons. The van der Waals surface area contributed by atoms with Crippen LogP contribution >= 0.6 is 0 Å². The van der Waals surface area contributed by atoms with E-state index >= 15 is 0 Å². The first-order chi connectivity index (χ1) is 13.6. The van der Waals surface area contributed by atoms with Crippen molar-refractivity contribution in [2.45, 2.75) is 18.8 Å². The summed E-state index contributed by atoms with van der Waals surface area (Å²) in [5.74, 6) is 1.19. The van der Waals surface area contributed by atoms with Gasteiger partial charge in [0.1, 0.15) is 0 Å². The predicted molar refractivity (Wildman–Crippen MR) is 113 cm³/mol. The number of aromatic nitrogens is 4. The molecule has 28 heavy (non-hydrogen) atoms. The van der Waals surface area contributed by atoms with Crippen LogP contribution in [0.25, 0.3) is 11.1 Å². The Morgan fingerprint density at radius 1 is 1.14 bits per heavy atom. The predicted octanol–water partition coefficient (Wildman–Crippen LogP) is 2.98. The highest BCUT2D eigenvalue weighted by atomic mass is 15.2. The molecule has 1 saturated heterocycles. The second-order valence-electron chi connectivity index (χ2n) is 7.79. The molecule has 1 fully saturated rings. The fraction of sp³-hybridized carbons (Fsp3) is 0.409. The molecular weight excluding hydrogens is 348 g/mol. The molecule has 1 aliphatic rings. The SMILES string of the molecule is CN(C)c1ncc(-c2cnn(C)c2)c([C@H]2CCN(CCc3ccccc3)C2)n1. The number of hydrogen-bond donors (Lipinski definition) is 0. The van der Waals surface area contributed by atoms with Crippen LogP contribution in [-0.4, -0.2) is 58.4 Å². The number of nitrogens with zero attached hydrogens (tertiary/aromatic N) is 6. The van der Waals surface area contributed by atoms with Gasteiger partial charge in [-0.1, -0.05) is 30.3 Å². The van der Waals surface area contributed by atoms with E-state index in [1.165, 1.54) is 5.56 Å². The molecule has 0 N–H and O–H groups in total. The van der Waals surface area contributed by atoms with Crippen molar-refractivity contribution in [3.63, 3.8) is 0 Å². The van der Waals surface area contributed by atoms with Crippen molar-refractivity contribution in [2.24, 2.45) is 7.05 Å². The first-order valence-electron chi connectivity index (χ1n) is 9.89. The highest BCUT2D eigenvalue weighted by Gasteiger charge is 2.28. The van der Waals surface area contributed by atoms with Crippen LogP contribution < -0.4 is 4.90 Å². The molecule has 0 spiro atoms. The Morgan fingerprint density at radius 3 is 2.68 bits per heavy atom. The number of anilines is 1. The highest BCUT2D eigenvalue weighted by molar-refractivity contribution is 5.65. The monoisotopic (exact) mass is 376 g/mol. The summed E-state index contributed by atoms with van der Waals surface area (Å²) in [6.07, 6.45) is 8.13. The van der Waals surface area contributed by atoms with Crippen LogP contribution in [0.2, 0.25) is 0 Å². The molecule has 4 rings (SSSR count). The van der Waals surface area contributed by atoms with E-state index in [2.05, 4.69) is 45.3 Å². The van der Waals surface area contributed by atoms with Crippen LogP contribution in [0, 0.1) is 0 Å². The van der Waals surface area contributed by atoms with Crippen LogP contribution in [-0.2, 0) is 13.5 Å². The van der Waals surface area contributed by atoms with Crippen LogP contribution in [0.1, 0.15) is 23.6 Å². The zero-order valence-electron chi connectivity index (χ0n) is 16.9. The molecule has 2 aromatic heterocycles. The average molecular weight is 377 g/mol. The standard InChI is InChI=1S/C22H28N6/c1-26(2)22-23-14-20(19-13-24-27(3)15-19)21(25-22)18-10-12-28(16-18)11-9-17-7-5-4-6-8-17/h4-8,13-15,18H,9-12,16H2,1-3H3/t18-/m0/s1. The summed E-state index contributed by atoms with van der Waals surface area (Å²) in [6, 6.07) is 10.7. The van der Waals surface area contributed by atoms with E-state index in [-0.39, 0.29) is 0 Å². The summed E-state index contributed by atoms with van der Waals surface area (Å²) in [5.41, 5.74) is 4.74. The lowest BCUT2D eigenvalue weighted by Crippen LogP contribution is -2.23. The van der Waals surface area contributed by atoms with Gasteiger partial charge in [-0.25, -0.2) is 9.97 Å². The van der Waals surface area contributed by atoms with Gasteiger partial charge in [0.25, 0.3) is 0 Å². The summed E-state index contributed by atoms with van der Waals surface area (Å²) in [7, 11) is 5.92. The van der Waals surface area contributed by atoms with Crippen molar-refractivity contribution < 1.29 is 0 Å². The number of hydrogen-bond acceptors (Lipinski definition) is 5. The summed E-state index contributed by atoms with van der Waals surface area (Å²) >= 11 is 0. The number of aryl methyl sites for hydroxylation is 1. The molecule has 0 saturated carbocycles. The summed E-state index contributed by atoms with van der Waals surface area (Å²) in [4.78, 5) is 14.0. The fourth-order valence-electron chi connectivity index (χ4n) is 3.89. The number of likely N-dealkylation sites (tertiary alicyclic amines) is 1. The number of rotatable bonds is 6. The molecule has 1 aliphatic heterocycles. The minimum absolute atomic E-state index is 0.424. The first kappa shape index (κ1) is 18.6. The van der Waals surface area contributed by atoms with Gasteiger partial charge in [0.15, 0.2) is 0 Å². The van der Waals surface area contributed by atoms with Gasteiger partial charge in [0.05, 0.1) is 11.9 Å². The van der Waals surface area contributed by atoms with E-state index in [0.717, 1.165) is 55.2 Å². The van der Waals surface area contributed by atoms with E-state index in [9.17, 15) is 0 Å². The van der Waals surface area contributed by atoms with E-state index in [0.29, 0.717) is 5.92 Å². The first-order valence-corrected chi connectivity index (χ1v) is 9.89. The molecule has 0 aliphatic carbocycles. The quantitative estimate of drug-likeness (QED) is 0.662. The van der Waals surface area contributed by atoms with E-state index in [1.807, 2.05) is 49.3 Å². The molecule has 6 heteroatoms. The molecule has 0 bridgehead atoms. The van der Waals surface area contributed by atoms with E-state index in [4.69, 9.17) is 4.98 Å². The van der Waals surface area contributed by atoms with Crippen molar-refractivity contribution >= 4 is 5.95 Å². The van der Waals surface area contributed by atoms with Crippen LogP contribution in [0.3, 0.4) is 0 Å². The zero-order valence-corrected chi connectivity index (χ0v) is 16.9. The largest absolute Gasteiger partial charge is 0.347 e. The smallest absolute Gasteiger partial charge is 0.225 e. The van der Waals surface area contributed by atoms with Gasteiger partial charge in [-0.15, -0.1) is 0 Å². The van der Waals surface area contributed by atoms with Crippen LogP contribution in [0.5, 0.6) is 0 Å². The molecule has 3 aromatic rings. The fourth-order valence-corrected chi connectivity index (χ4v) is 3.89. The van der Waals surface area contributed by atoms with Crippen molar-refractivity contribution in [2.75, 3.05) is 38.6 Å². The minimum Gasteiger partial charge on any atom is -0.347 e. The second-order valence-corrected chi connectivity index (χ2v) is 7.79. The Hall–Kier alpha value is -2.73. The third-order valence-corrected chi connectivity index (χ3v) is 5.44. The summed E-state index contributed by atoms with van der Waals surface area (Å²) in [6.45, 7) is 3.25. The van der Waals surface area contributed by atoms with Gasteiger partial charge in [-0.05, 0) is 24.9 Å². The minimum atomic E-state index is 0.424. The molecule has 0 radical (unpaired) electrons. The summed E-state index contributed by atoms with van der Waals surface area (Å²) in [5, 5.41) is 4.34. The topological polar surface area (TPSA) is 50.1 Å². The Bertz CT molecular complexity index is 918. The maximum atomic E-state index is 4.94.